The third-order valence-electron chi connectivity index (χ3n) is 2.36. The van der Waals surface area contributed by atoms with E-state index in [2.05, 4.69) is 17.2 Å². The molecule has 78 valence electrons. The fourth-order valence-corrected chi connectivity index (χ4v) is 1.36. The monoisotopic (exact) mass is 196 g/mol. The molecule has 2 unspecified atom stereocenters. The summed E-state index contributed by atoms with van der Waals surface area (Å²) >= 11 is 0. The Hall–Kier alpha value is -1.32. The van der Waals surface area contributed by atoms with E-state index in [-0.39, 0.29) is 23.8 Å². The number of piperidine rings is 1. The second-order valence-corrected chi connectivity index (χ2v) is 3.57. The molecular weight excluding hydrogens is 180 g/mol. The number of hydrogen-bond donors (Lipinski definition) is 2. The minimum Gasteiger partial charge on any atom is -0.355 e. The molecule has 1 rings (SSSR count). The zero-order valence-electron chi connectivity index (χ0n) is 8.38. The molecular formula is C10H16N2O2. The summed E-state index contributed by atoms with van der Waals surface area (Å²) in [5.74, 6) is -0.0571. The van der Waals surface area contributed by atoms with Crippen LogP contribution in [-0.2, 0) is 9.59 Å². The lowest BCUT2D eigenvalue weighted by Crippen LogP contribution is -2.44. The van der Waals surface area contributed by atoms with E-state index in [0.29, 0.717) is 19.4 Å². The van der Waals surface area contributed by atoms with E-state index in [1.54, 1.807) is 6.08 Å². The Kier molecular flexibility index (Phi) is 3.68. The lowest BCUT2D eigenvalue weighted by Gasteiger charge is -2.22. The van der Waals surface area contributed by atoms with Crippen LogP contribution in [-0.4, -0.2) is 24.4 Å². The number of rotatable bonds is 3. The van der Waals surface area contributed by atoms with Crippen molar-refractivity contribution in [1.29, 1.82) is 0 Å². The van der Waals surface area contributed by atoms with Gasteiger partial charge in [-0.3, -0.25) is 9.59 Å². The SMILES string of the molecule is C=CC(C)NC(=O)C1CCC(=O)NC1. The molecule has 0 saturated carbocycles. The number of carbonyl (C=O) groups excluding carboxylic acids is 2. The van der Waals surface area contributed by atoms with E-state index in [0.717, 1.165) is 0 Å². The minimum atomic E-state index is -0.0879. The average molecular weight is 196 g/mol. The summed E-state index contributed by atoms with van der Waals surface area (Å²) in [6, 6.07) is -0.0138. The van der Waals surface area contributed by atoms with Crippen LogP contribution in [0.5, 0.6) is 0 Å². The molecule has 4 nitrogen and oxygen atoms in total. The third kappa shape index (κ3) is 2.87. The van der Waals surface area contributed by atoms with Gasteiger partial charge in [-0.15, -0.1) is 6.58 Å². The van der Waals surface area contributed by atoms with Gasteiger partial charge in [0.25, 0.3) is 0 Å². The summed E-state index contributed by atoms with van der Waals surface area (Å²) < 4.78 is 0. The second kappa shape index (κ2) is 4.79. The molecule has 14 heavy (non-hydrogen) atoms. The van der Waals surface area contributed by atoms with Crippen LogP contribution in [0.15, 0.2) is 12.7 Å². The molecule has 4 heteroatoms. The smallest absolute Gasteiger partial charge is 0.225 e. The van der Waals surface area contributed by atoms with Crippen molar-refractivity contribution in [3.05, 3.63) is 12.7 Å². The highest BCUT2D eigenvalue weighted by Gasteiger charge is 2.24. The van der Waals surface area contributed by atoms with Gasteiger partial charge in [0.1, 0.15) is 0 Å². The van der Waals surface area contributed by atoms with Gasteiger partial charge < -0.3 is 10.6 Å². The van der Waals surface area contributed by atoms with Gasteiger partial charge in [-0.05, 0) is 13.3 Å². The summed E-state index contributed by atoms with van der Waals surface area (Å²) in [6.45, 7) is 5.91. The van der Waals surface area contributed by atoms with Crippen LogP contribution < -0.4 is 10.6 Å². The molecule has 1 aliphatic rings. The Morgan fingerprint density at radius 3 is 3.00 bits per heavy atom. The number of nitrogens with one attached hydrogen (secondary N) is 2. The van der Waals surface area contributed by atoms with Crippen LogP contribution in [0.1, 0.15) is 19.8 Å². The molecule has 0 radical (unpaired) electrons. The predicted octanol–water partition coefficient (Wildman–Crippen LogP) is 0.203. The molecule has 1 aliphatic heterocycles. The first-order valence-corrected chi connectivity index (χ1v) is 4.83. The molecule has 0 spiro atoms. The number of hydrogen-bond acceptors (Lipinski definition) is 2. The molecule has 0 aromatic rings. The fourth-order valence-electron chi connectivity index (χ4n) is 1.36. The molecule has 0 aromatic heterocycles. The van der Waals surface area contributed by atoms with Gasteiger partial charge in [0.05, 0.1) is 5.92 Å². The summed E-state index contributed by atoms with van der Waals surface area (Å²) in [5.41, 5.74) is 0. The maximum Gasteiger partial charge on any atom is 0.225 e. The normalized spacial score (nSPS) is 23.5. The lowest BCUT2D eigenvalue weighted by atomic mass is 9.98. The van der Waals surface area contributed by atoms with Crippen molar-refractivity contribution in [3.63, 3.8) is 0 Å². The van der Waals surface area contributed by atoms with Crippen molar-refractivity contribution in [3.8, 4) is 0 Å². The van der Waals surface area contributed by atoms with Gasteiger partial charge in [-0.2, -0.15) is 0 Å². The van der Waals surface area contributed by atoms with E-state index in [1.165, 1.54) is 0 Å². The van der Waals surface area contributed by atoms with Gasteiger partial charge in [0.2, 0.25) is 11.8 Å². The van der Waals surface area contributed by atoms with Crippen molar-refractivity contribution in [2.45, 2.75) is 25.8 Å². The molecule has 2 N–H and O–H groups in total. The topological polar surface area (TPSA) is 58.2 Å². The van der Waals surface area contributed by atoms with Crippen molar-refractivity contribution in [2.75, 3.05) is 6.54 Å². The first-order chi connectivity index (χ1) is 6.63. The highest BCUT2D eigenvalue weighted by atomic mass is 16.2. The summed E-state index contributed by atoms with van der Waals surface area (Å²) in [6.07, 6.45) is 2.77. The highest BCUT2D eigenvalue weighted by molar-refractivity contribution is 5.83. The largest absolute Gasteiger partial charge is 0.355 e. The Balaban J connectivity index is 2.37. The van der Waals surface area contributed by atoms with Crippen molar-refractivity contribution in [1.82, 2.24) is 10.6 Å². The Bertz CT molecular complexity index is 241. The van der Waals surface area contributed by atoms with Crippen molar-refractivity contribution in [2.24, 2.45) is 5.92 Å². The van der Waals surface area contributed by atoms with Crippen LogP contribution >= 0.6 is 0 Å². The van der Waals surface area contributed by atoms with Crippen LogP contribution in [0, 0.1) is 5.92 Å². The first kappa shape index (κ1) is 10.8. The number of amides is 2. The van der Waals surface area contributed by atoms with Gasteiger partial charge in [-0.1, -0.05) is 6.08 Å². The first-order valence-electron chi connectivity index (χ1n) is 4.83. The zero-order valence-corrected chi connectivity index (χ0v) is 8.38. The number of carbonyl (C=O) groups is 2. The molecule has 1 fully saturated rings. The van der Waals surface area contributed by atoms with E-state index in [1.807, 2.05) is 6.92 Å². The van der Waals surface area contributed by atoms with Gasteiger partial charge in [0, 0.05) is 19.0 Å². The molecule has 2 amide bonds. The molecule has 2 atom stereocenters. The average Bonchev–Trinajstić information content (AvgIpc) is 2.18. The molecule has 1 heterocycles. The van der Waals surface area contributed by atoms with Crippen LogP contribution in [0.25, 0.3) is 0 Å². The van der Waals surface area contributed by atoms with Gasteiger partial charge >= 0.3 is 0 Å². The standard InChI is InChI=1S/C10H16N2O2/c1-3-7(2)12-10(14)8-4-5-9(13)11-6-8/h3,7-8H,1,4-6H2,2H3,(H,11,13)(H,12,14). The van der Waals surface area contributed by atoms with Crippen LogP contribution in [0.3, 0.4) is 0 Å². The quantitative estimate of drug-likeness (QED) is 0.634. The highest BCUT2D eigenvalue weighted by Crippen LogP contribution is 2.10. The van der Waals surface area contributed by atoms with E-state index >= 15 is 0 Å². The Morgan fingerprint density at radius 1 is 1.79 bits per heavy atom. The van der Waals surface area contributed by atoms with Gasteiger partial charge in [0.15, 0.2) is 0 Å². The third-order valence-corrected chi connectivity index (χ3v) is 2.36. The van der Waals surface area contributed by atoms with E-state index in [4.69, 9.17) is 0 Å². The van der Waals surface area contributed by atoms with Crippen LogP contribution in [0.2, 0.25) is 0 Å². The lowest BCUT2D eigenvalue weighted by molar-refractivity contribution is -0.129. The Labute approximate surface area is 83.8 Å². The molecule has 0 aliphatic carbocycles. The van der Waals surface area contributed by atoms with E-state index < -0.39 is 0 Å². The second-order valence-electron chi connectivity index (χ2n) is 3.57. The Morgan fingerprint density at radius 2 is 2.50 bits per heavy atom. The summed E-state index contributed by atoms with van der Waals surface area (Å²) in [5, 5.41) is 5.48. The van der Waals surface area contributed by atoms with Gasteiger partial charge in [-0.25, -0.2) is 0 Å². The maximum atomic E-state index is 11.6. The van der Waals surface area contributed by atoms with E-state index in [9.17, 15) is 9.59 Å². The van der Waals surface area contributed by atoms with Crippen molar-refractivity contribution < 1.29 is 9.59 Å². The van der Waals surface area contributed by atoms with Crippen LogP contribution in [0.4, 0.5) is 0 Å². The minimum absolute atomic E-state index is 0.00241. The molecule has 1 saturated heterocycles. The summed E-state index contributed by atoms with van der Waals surface area (Å²) in [4.78, 5) is 22.4. The fraction of sp³-hybridized carbons (Fsp3) is 0.600. The molecule has 0 bridgehead atoms. The maximum absolute atomic E-state index is 11.6. The zero-order chi connectivity index (χ0) is 10.6. The molecule has 0 aromatic carbocycles. The predicted molar refractivity (Wildman–Crippen MR) is 53.5 cm³/mol. The summed E-state index contributed by atoms with van der Waals surface area (Å²) in [7, 11) is 0. The van der Waals surface area contributed by atoms with Crippen molar-refractivity contribution >= 4 is 11.8 Å².